The molecule has 0 radical (unpaired) electrons. The summed E-state index contributed by atoms with van der Waals surface area (Å²) in [5.41, 5.74) is 2.12. The van der Waals surface area contributed by atoms with Crippen molar-refractivity contribution in [1.82, 2.24) is 25.4 Å². The molecule has 0 spiro atoms. The Balaban J connectivity index is 1.81. The molecule has 0 saturated carbocycles. The molecule has 1 unspecified atom stereocenters. The fourth-order valence-corrected chi connectivity index (χ4v) is 1.77. The maximum atomic E-state index is 11.5. The molecule has 2 aromatic rings. The smallest absolute Gasteiger partial charge is 0.315 e. The van der Waals surface area contributed by atoms with Gasteiger partial charge in [0, 0.05) is 6.54 Å². The van der Waals surface area contributed by atoms with Crippen LogP contribution in [0, 0.1) is 0 Å². The number of nitrogens with one attached hydrogen (secondary N) is 2. The van der Waals surface area contributed by atoms with E-state index < -0.39 is 0 Å². The summed E-state index contributed by atoms with van der Waals surface area (Å²) in [6, 6.07) is 7.36. The average Bonchev–Trinajstić information content (AvgIpc) is 2.99. The number of nitrogens with zero attached hydrogens (tertiary/aromatic N) is 3. The lowest BCUT2D eigenvalue weighted by molar-refractivity contribution is 0.220. The van der Waals surface area contributed by atoms with Crippen molar-refractivity contribution in [3.63, 3.8) is 0 Å². The van der Waals surface area contributed by atoms with Gasteiger partial charge in [-0.25, -0.2) is 14.5 Å². The van der Waals surface area contributed by atoms with Crippen LogP contribution in [0.4, 0.5) is 4.79 Å². The van der Waals surface area contributed by atoms with E-state index in [-0.39, 0.29) is 18.7 Å². The largest absolute Gasteiger partial charge is 0.394 e. The first-order chi connectivity index (χ1) is 10.2. The molecular weight excluding hydrogens is 270 g/mol. The molecule has 0 bridgehead atoms. The van der Waals surface area contributed by atoms with Crippen LogP contribution in [0.5, 0.6) is 0 Å². The van der Waals surface area contributed by atoms with Crippen LogP contribution in [0.15, 0.2) is 36.9 Å². The number of benzene rings is 1. The molecule has 0 fully saturated rings. The van der Waals surface area contributed by atoms with Gasteiger partial charge in [0.2, 0.25) is 0 Å². The lowest BCUT2D eigenvalue weighted by Gasteiger charge is -2.12. The molecule has 112 valence electrons. The summed E-state index contributed by atoms with van der Waals surface area (Å²) in [7, 11) is 0. The van der Waals surface area contributed by atoms with Crippen molar-refractivity contribution < 1.29 is 9.90 Å². The molecule has 2 rings (SSSR count). The third-order valence-corrected chi connectivity index (χ3v) is 2.94. The summed E-state index contributed by atoms with van der Waals surface area (Å²) in [6.45, 7) is 2.76. The summed E-state index contributed by atoms with van der Waals surface area (Å²) in [4.78, 5) is 15.4. The highest BCUT2D eigenvalue weighted by molar-refractivity contribution is 5.74. The maximum absolute atomic E-state index is 11.5. The van der Waals surface area contributed by atoms with E-state index >= 15 is 0 Å². The third-order valence-electron chi connectivity index (χ3n) is 2.94. The van der Waals surface area contributed by atoms with Crippen molar-refractivity contribution in [2.45, 2.75) is 26.1 Å². The highest BCUT2D eigenvalue weighted by atomic mass is 16.3. The van der Waals surface area contributed by atoms with Crippen LogP contribution < -0.4 is 10.6 Å². The van der Waals surface area contributed by atoms with Crippen molar-refractivity contribution in [3.8, 4) is 0 Å². The molecule has 7 heteroatoms. The van der Waals surface area contributed by atoms with Gasteiger partial charge in [-0.3, -0.25) is 0 Å². The van der Waals surface area contributed by atoms with Gasteiger partial charge >= 0.3 is 6.03 Å². The molecule has 0 aliphatic rings. The van der Waals surface area contributed by atoms with Gasteiger partial charge in [-0.15, -0.1) is 0 Å². The number of hydrogen-bond donors (Lipinski definition) is 3. The minimum Gasteiger partial charge on any atom is -0.394 e. The molecule has 0 aliphatic heterocycles. The van der Waals surface area contributed by atoms with Crippen molar-refractivity contribution in [1.29, 1.82) is 0 Å². The Kier molecular flexibility index (Phi) is 5.28. The predicted octanol–water partition coefficient (Wildman–Crippen LogP) is 0.506. The maximum Gasteiger partial charge on any atom is 0.315 e. The minimum absolute atomic E-state index is 0.0790. The number of aliphatic hydroxyl groups excluding tert-OH is 1. The van der Waals surface area contributed by atoms with Crippen molar-refractivity contribution >= 4 is 6.03 Å². The van der Waals surface area contributed by atoms with E-state index in [9.17, 15) is 4.79 Å². The van der Waals surface area contributed by atoms with E-state index in [2.05, 4.69) is 20.7 Å². The molecule has 3 N–H and O–H groups in total. The molecule has 1 aromatic carbocycles. The van der Waals surface area contributed by atoms with Crippen LogP contribution >= 0.6 is 0 Å². The molecule has 1 atom stereocenters. The highest BCUT2D eigenvalue weighted by Gasteiger charge is 2.05. The van der Waals surface area contributed by atoms with Gasteiger partial charge in [0.05, 0.1) is 19.2 Å². The Morgan fingerprint density at radius 2 is 2.05 bits per heavy atom. The fraction of sp³-hybridized carbons (Fsp3) is 0.357. The number of urea groups is 1. The van der Waals surface area contributed by atoms with E-state index in [0.717, 1.165) is 11.1 Å². The number of carbonyl (C=O) groups excluding carboxylic acids is 1. The standard InChI is InChI=1S/C14H19N5O2/c1-11(8-20)18-14(21)16-6-12-2-4-13(5-3-12)7-19-10-15-9-17-19/h2-5,9-11,20H,6-8H2,1H3,(H2,16,18,21). The average molecular weight is 289 g/mol. The summed E-state index contributed by atoms with van der Waals surface area (Å²) in [5, 5.41) is 18.3. The number of amides is 2. The lowest BCUT2D eigenvalue weighted by Crippen LogP contribution is -2.41. The van der Waals surface area contributed by atoms with Crippen molar-refractivity contribution in [2.75, 3.05) is 6.61 Å². The summed E-state index contributed by atoms with van der Waals surface area (Å²) in [5.74, 6) is 0. The van der Waals surface area contributed by atoms with Crippen LogP contribution in [0.25, 0.3) is 0 Å². The van der Waals surface area contributed by atoms with Crippen molar-refractivity contribution in [3.05, 3.63) is 48.0 Å². The Labute approximate surface area is 123 Å². The van der Waals surface area contributed by atoms with E-state index in [1.165, 1.54) is 6.33 Å². The fourth-order valence-electron chi connectivity index (χ4n) is 1.77. The Morgan fingerprint density at radius 1 is 1.33 bits per heavy atom. The topological polar surface area (TPSA) is 92.1 Å². The zero-order chi connectivity index (χ0) is 15.1. The molecular formula is C14H19N5O2. The van der Waals surface area contributed by atoms with E-state index in [1.54, 1.807) is 17.9 Å². The van der Waals surface area contributed by atoms with Crippen LogP contribution in [0.1, 0.15) is 18.1 Å². The number of hydrogen-bond acceptors (Lipinski definition) is 4. The first-order valence-electron chi connectivity index (χ1n) is 6.73. The van der Waals surface area contributed by atoms with Gasteiger partial charge in [-0.2, -0.15) is 5.10 Å². The van der Waals surface area contributed by atoms with Gasteiger partial charge in [0.15, 0.2) is 0 Å². The number of aliphatic hydroxyl groups is 1. The molecule has 7 nitrogen and oxygen atoms in total. The van der Waals surface area contributed by atoms with Gasteiger partial charge in [0.1, 0.15) is 12.7 Å². The lowest BCUT2D eigenvalue weighted by atomic mass is 10.1. The Bertz CT molecular complexity index is 553. The number of aromatic nitrogens is 3. The van der Waals surface area contributed by atoms with Crippen LogP contribution in [0.3, 0.4) is 0 Å². The Hall–Kier alpha value is -2.41. The van der Waals surface area contributed by atoms with Gasteiger partial charge in [0.25, 0.3) is 0 Å². The molecule has 21 heavy (non-hydrogen) atoms. The van der Waals surface area contributed by atoms with Gasteiger partial charge < -0.3 is 15.7 Å². The zero-order valence-corrected chi connectivity index (χ0v) is 11.9. The van der Waals surface area contributed by atoms with Crippen molar-refractivity contribution in [2.24, 2.45) is 0 Å². The summed E-state index contributed by atoms with van der Waals surface area (Å²) >= 11 is 0. The first-order valence-corrected chi connectivity index (χ1v) is 6.73. The normalized spacial score (nSPS) is 11.9. The van der Waals surface area contributed by atoms with Crippen LogP contribution in [-0.2, 0) is 13.1 Å². The van der Waals surface area contributed by atoms with Crippen LogP contribution in [0.2, 0.25) is 0 Å². The number of carbonyl (C=O) groups is 1. The highest BCUT2D eigenvalue weighted by Crippen LogP contribution is 2.05. The monoisotopic (exact) mass is 289 g/mol. The second kappa shape index (κ2) is 7.39. The summed E-state index contributed by atoms with van der Waals surface area (Å²) in [6.07, 6.45) is 3.17. The molecule has 1 heterocycles. The van der Waals surface area contributed by atoms with Gasteiger partial charge in [-0.05, 0) is 18.1 Å². The third kappa shape index (κ3) is 4.88. The number of rotatable bonds is 6. The molecule has 0 saturated heterocycles. The molecule has 1 aromatic heterocycles. The van der Waals surface area contributed by atoms with E-state index in [0.29, 0.717) is 13.1 Å². The first kappa shape index (κ1) is 15.0. The second-order valence-electron chi connectivity index (χ2n) is 4.82. The Morgan fingerprint density at radius 3 is 2.67 bits per heavy atom. The zero-order valence-electron chi connectivity index (χ0n) is 11.9. The predicted molar refractivity (Wildman–Crippen MR) is 77.5 cm³/mol. The van der Waals surface area contributed by atoms with Crippen LogP contribution in [-0.4, -0.2) is 38.6 Å². The van der Waals surface area contributed by atoms with E-state index in [4.69, 9.17) is 5.11 Å². The SMILES string of the molecule is CC(CO)NC(=O)NCc1ccc(Cn2cncn2)cc1. The van der Waals surface area contributed by atoms with E-state index in [1.807, 2.05) is 24.3 Å². The second-order valence-corrected chi connectivity index (χ2v) is 4.82. The van der Waals surface area contributed by atoms with Gasteiger partial charge in [-0.1, -0.05) is 24.3 Å². The quantitative estimate of drug-likeness (QED) is 0.722. The molecule has 0 aliphatic carbocycles. The minimum atomic E-state index is -0.289. The molecule has 2 amide bonds. The summed E-state index contributed by atoms with van der Waals surface area (Å²) < 4.78 is 1.75.